The van der Waals surface area contributed by atoms with Crippen LogP contribution in [0.25, 0.3) is 0 Å². The van der Waals surface area contributed by atoms with Gasteiger partial charge in [-0.3, -0.25) is 9.69 Å². The lowest BCUT2D eigenvalue weighted by Crippen LogP contribution is -2.46. The Bertz CT molecular complexity index is 864. The molecule has 2 aromatic rings. The van der Waals surface area contributed by atoms with Gasteiger partial charge in [0.2, 0.25) is 0 Å². The van der Waals surface area contributed by atoms with E-state index in [1.165, 1.54) is 6.33 Å². The van der Waals surface area contributed by atoms with Crippen LogP contribution >= 0.6 is 0 Å². The van der Waals surface area contributed by atoms with Crippen molar-refractivity contribution >= 4 is 12.0 Å². The van der Waals surface area contributed by atoms with E-state index in [1.54, 1.807) is 12.3 Å². The third-order valence-electron chi connectivity index (χ3n) is 5.85. The number of nitrogens with one attached hydrogen (secondary N) is 1. The molecule has 2 aliphatic rings. The monoisotopic (exact) mass is 394 g/mol. The van der Waals surface area contributed by atoms with E-state index in [9.17, 15) is 9.59 Å². The van der Waals surface area contributed by atoms with Crippen LogP contribution in [0, 0.1) is 0 Å². The quantitative estimate of drug-likeness (QED) is 0.858. The molecule has 1 aromatic carbocycles. The van der Waals surface area contributed by atoms with Gasteiger partial charge in [-0.2, -0.15) is 0 Å². The molecule has 1 saturated carbocycles. The molecule has 1 aliphatic carbocycles. The predicted octanol–water partition coefficient (Wildman–Crippen LogP) is 3.49. The van der Waals surface area contributed by atoms with E-state index < -0.39 is 5.60 Å². The zero-order valence-corrected chi connectivity index (χ0v) is 16.7. The summed E-state index contributed by atoms with van der Waals surface area (Å²) in [7, 11) is 0. The molecule has 0 unspecified atom stereocenters. The third kappa shape index (κ3) is 3.95. The molecule has 7 heteroatoms. The van der Waals surface area contributed by atoms with E-state index in [0.717, 1.165) is 31.2 Å². The Kier molecular flexibility index (Phi) is 5.22. The molecule has 0 radical (unpaired) electrons. The highest BCUT2D eigenvalue weighted by Gasteiger charge is 2.51. The molecule has 2 amide bonds. The standard InChI is InChI=1S/C22H26N4O3/c1-22(2)19(15-6-4-3-5-7-15)26(21(28)29-22)17-10-8-16(9-11-17)25-20(27)18-12-13-23-14-24-18/h3-7,12-14,16-17,19H,8-11H2,1-2H3,(H,25,27)/t16-,17-,19-/m0/s1. The minimum Gasteiger partial charge on any atom is -0.441 e. The molecule has 1 aromatic heterocycles. The highest BCUT2D eigenvalue weighted by atomic mass is 16.6. The van der Waals surface area contributed by atoms with Gasteiger partial charge in [-0.05, 0) is 51.2 Å². The number of hydrogen-bond donors (Lipinski definition) is 1. The van der Waals surface area contributed by atoms with Crippen LogP contribution in [-0.2, 0) is 4.74 Å². The minimum absolute atomic E-state index is 0.0792. The Morgan fingerprint density at radius 1 is 1.14 bits per heavy atom. The van der Waals surface area contributed by atoms with Crippen molar-refractivity contribution in [1.82, 2.24) is 20.2 Å². The molecular weight excluding hydrogens is 368 g/mol. The number of hydrogen-bond acceptors (Lipinski definition) is 5. The molecule has 152 valence electrons. The summed E-state index contributed by atoms with van der Waals surface area (Å²) in [6, 6.07) is 11.7. The Labute approximate surface area is 170 Å². The maximum atomic E-state index is 12.7. The summed E-state index contributed by atoms with van der Waals surface area (Å²) in [6.07, 6.45) is 5.95. The molecule has 4 rings (SSSR count). The van der Waals surface area contributed by atoms with E-state index >= 15 is 0 Å². The molecule has 0 spiro atoms. The Morgan fingerprint density at radius 2 is 1.86 bits per heavy atom. The van der Waals surface area contributed by atoms with E-state index in [2.05, 4.69) is 27.4 Å². The lowest BCUT2D eigenvalue weighted by molar-refractivity contribution is 0.0663. The van der Waals surface area contributed by atoms with Gasteiger partial charge in [0.05, 0.1) is 6.04 Å². The van der Waals surface area contributed by atoms with E-state index in [-0.39, 0.29) is 30.1 Å². The summed E-state index contributed by atoms with van der Waals surface area (Å²) in [5.41, 5.74) is 0.870. The zero-order chi connectivity index (χ0) is 20.4. The average Bonchev–Trinajstić information content (AvgIpc) is 2.98. The summed E-state index contributed by atoms with van der Waals surface area (Å²) in [4.78, 5) is 34.8. The number of carbonyl (C=O) groups excluding carboxylic acids is 2. The number of rotatable bonds is 4. The second-order valence-corrected chi connectivity index (χ2v) is 8.27. The smallest absolute Gasteiger partial charge is 0.411 e. The number of ether oxygens (including phenoxy) is 1. The highest BCUT2D eigenvalue weighted by Crippen LogP contribution is 2.44. The van der Waals surface area contributed by atoms with Crippen LogP contribution in [0.4, 0.5) is 4.79 Å². The topological polar surface area (TPSA) is 84.4 Å². The normalized spacial score (nSPS) is 26.1. The fourth-order valence-electron chi connectivity index (χ4n) is 4.51. The first-order chi connectivity index (χ1) is 14.0. The fourth-order valence-corrected chi connectivity index (χ4v) is 4.51. The van der Waals surface area contributed by atoms with Crippen molar-refractivity contribution in [1.29, 1.82) is 0 Å². The summed E-state index contributed by atoms with van der Waals surface area (Å²) in [5.74, 6) is -0.181. The van der Waals surface area contributed by atoms with E-state index in [4.69, 9.17) is 4.74 Å². The van der Waals surface area contributed by atoms with Gasteiger partial charge in [-0.1, -0.05) is 30.3 Å². The van der Waals surface area contributed by atoms with Crippen molar-refractivity contribution in [2.45, 2.75) is 63.3 Å². The number of benzene rings is 1. The fraction of sp³-hybridized carbons (Fsp3) is 0.455. The Morgan fingerprint density at radius 3 is 2.52 bits per heavy atom. The number of carbonyl (C=O) groups is 2. The van der Waals surface area contributed by atoms with Crippen LogP contribution in [-0.4, -0.2) is 44.6 Å². The van der Waals surface area contributed by atoms with Crippen molar-refractivity contribution in [2.75, 3.05) is 0 Å². The molecule has 29 heavy (non-hydrogen) atoms. The molecule has 1 saturated heterocycles. The average molecular weight is 394 g/mol. The summed E-state index contributed by atoms with van der Waals surface area (Å²) in [6.45, 7) is 3.94. The van der Waals surface area contributed by atoms with Gasteiger partial charge in [0.25, 0.3) is 5.91 Å². The SMILES string of the molecule is CC1(C)OC(=O)N([C@H]2CC[C@H](NC(=O)c3ccncn3)CC2)[C@H]1c1ccccc1. The van der Waals surface area contributed by atoms with Gasteiger partial charge in [-0.15, -0.1) is 0 Å². The lowest BCUT2D eigenvalue weighted by Gasteiger charge is -2.38. The molecule has 1 aliphatic heterocycles. The van der Waals surface area contributed by atoms with Gasteiger partial charge in [0.15, 0.2) is 0 Å². The number of nitrogens with zero attached hydrogens (tertiary/aromatic N) is 3. The molecule has 0 bridgehead atoms. The molecule has 7 nitrogen and oxygen atoms in total. The maximum Gasteiger partial charge on any atom is 0.411 e. The van der Waals surface area contributed by atoms with Crippen molar-refractivity contribution < 1.29 is 14.3 Å². The predicted molar refractivity (Wildman–Crippen MR) is 107 cm³/mol. The van der Waals surface area contributed by atoms with Gasteiger partial charge in [0, 0.05) is 18.3 Å². The second-order valence-electron chi connectivity index (χ2n) is 8.27. The summed E-state index contributed by atoms with van der Waals surface area (Å²) < 4.78 is 5.73. The zero-order valence-electron chi connectivity index (χ0n) is 16.7. The summed E-state index contributed by atoms with van der Waals surface area (Å²) in [5, 5.41) is 3.05. The van der Waals surface area contributed by atoms with Gasteiger partial charge >= 0.3 is 6.09 Å². The van der Waals surface area contributed by atoms with Crippen LogP contribution in [0.5, 0.6) is 0 Å². The molecule has 2 fully saturated rings. The van der Waals surface area contributed by atoms with Gasteiger partial charge < -0.3 is 10.1 Å². The Hall–Kier alpha value is -2.96. The summed E-state index contributed by atoms with van der Waals surface area (Å²) >= 11 is 0. The van der Waals surface area contributed by atoms with E-state index in [1.807, 2.05) is 36.9 Å². The third-order valence-corrected chi connectivity index (χ3v) is 5.85. The molecular formula is C22H26N4O3. The minimum atomic E-state index is -0.587. The van der Waals surface area contributed by atoms with Crippen LogP contribution in [0.15, 0.2) is 48.9 Å². The van der Waals surface area contributed by atoms with Crippen LogP contribution < -0.4 is 5.32 Å². The molecule has 1 atom stereocenters. The van der Waals surface area contributed by atoms with Crippen LogP contribution in [0.1, 0.15) is 61.6 Å². The van der Waals surface area contributed by atoms with Crippen molar-refractivity contribution in [3.63, 3.8) is 0 Å². The molecule has 1 N–H and O–H groups in total. The van der Waals surface area contributed by atoms with E-state index in [0.29, 0.717) is 5.69 Å². The highest BCUT2D eigenvalue weighted by molar-refractivity contribution is 5.92. The molecule has 2 heterocycles. The number of amides is 2. The number of aromatic nitrogens is 2. The largest absolute Gasteiger partial charge is 0.441 e. The second kappa shape index (κ2) is 7.81. The first-order valence-electron chi connectivity index (χ1n) is 10.1. The van der Waals surface area contributed by atoms with Gasteiger partial charge in [-0.25, -0.2) is 14.8 Å². The van der Waals surface area contributed by atoms with Crippen LogP contribution in [0.2, 0.25) is 0 Å². The maximum absolute atomic E-state index is 12.7. The Balaban J connectivity index is 1.43. The van der Waals surface area contributed by atoms with Crippen molar-refractivity contribution in [3.05, 3.63) is 60.2 Å². The van der Waals surface area contributed by atoms with Crippen LogP contribution in [0.3, 0.4) is 0 Å². The number of cyclic esters (lactones) is 1. The van der Waals surface area contributed by atoms with Gasteiger partial charge in [0.1, 0.15) is 17.6 Å². The van der Waals surface area contributed by atoms with Crippen molar-refractivity contribution in [2.24, 2.45) is 0 Å². The first-order valence-corrected chi connectivity index (χ1v) is 10.1. The van der Waals surface area contributed by atoms with Crippen molar-refractivity contribution in [3.8, 4) is 0 Å². The lowest BCUT2D eigenvalue weighted by atomic mass is 9.86. The first kappa shape index (κ1) is 19.4.